The first-order chi connectivity index (χ1) is 6.20. The molecule has 0 heterocycles. The predicted molar refractivity (Wildman–Crippen MR) is 55.1 cm³/mol. The van der Waals surface area contributed by atoms with Crippen molar-refractivity contribution in [2.45, 2.75) is 26.9 Å². The van der Waals surface area contributed by atoms with E-state index < -0.39 is 0 Å². The number of ether oxygens (including phenoxy) is 2. The Bertz CT molecular complexity index is 107. The van der Waals surface area contributed by atoms with Crippen LogP contribution in [0.1, 0.15) is 20.8 Å². The Morgan fingerprint density at radius 3 is 2.23 bits per heavy atom. The summed E-state index contributed by atoms with van der Waals surface area (Å²) >= 11 is 0. The van der Waals surface area contributed by atoms with Crippen molar-refractivity contribution in [1.29, 1.82) is 0 Å². The average Bonchev–Trinajstić information content (AvgIpc) is 2.10. The van der Waals surface area contributed by atoms with Gasteiger partial charge in [0, 0.05) is 20.2 Å². The first-order valence-electron chi connectivity index (χ1n) is 5.03. The molecule has 0 atom stereocenters. The third-order valence-corrected chi connectivity index (χ3v) is 1.92. The average molecular weight is 189 g/mol. The Morgan fingerprint density at radius 1 is 1.15 bits per heavy atom. The van der Waals surface area contributed by atoms with Crippen molar-refractivity contribution in [3.63, 3.8) is 0 Å². The van der Waals surface area contributed by atoms with Crippen molar-refractivity contribution < 1.29 is 9.47 Å². The van der Waals surface area contributed by atoms with Crippen molar-refractivity contribution in [2.75, 3.05) is 40.0 Å². The first kappa shape index (κ1) is 12.9. The summed E-state index contributed by atoms with van der Waals surface area (Å²) in [4.78, 5) is 2.33. The number of nitrogens with zero attached hydrogens (tertiary/aromatic N) is 1. The molecule has 0 bridgehead atoms. The second-order valence-electron chi connectivity index (χ2n) is 3.35. The number of likely N-dealkylation sites (N-methyl/N-ethyl adjacent to an activating group) is 1. The molecule has 80 valence electrons. The molecule has 3 nitrogen and oxygen atoms in total. The highest BCUT2D eigenvalue weighted by molar-refractivity contribution is 4.54. The molecular weight excluding hydrogens is 166 g/mol. The van der Waals surface area contributed by atoms with Crippen molar-refractivity contribution in [2.24, 2.45) is 0 Å². The molecule has 0 aliphatic heterocycles. The fraction of sp³-hybridized carbons (Fsp3) is 1.00. The van der Waals surface area contributed by atoms with Gasteiger partial charge in [0.05, 0.1) is 19.3 Å². The number of hydrogen-bond donors (Lipinski definition) is 0. The normalized spacial score (nSPS) is 11.5. The highest BCUT2D eigenvalue weighted by atomic mass is 16.5. The van der Waals surface area contributed by atoms with Gasteiger partial charge >= 0.3 is 0 Å². The SMILES string of the molecule is CCN(CCOC)CCOC(C)C. The van der Waals surface area contributed by atoms with Gasteiger partial charge in [-0.2, -0.15) is 0 Å². The summed E-state index contributed by atoms with van der Waals surface area (Å²) in [6.45, 7) is 10.9. The zero-order valence-electron chi connectivity index (χ0n) is 9.38. The molecule has 0 rings (SSSR count). The molecule has 13 heavy (non-hydrogen) atoms. The minimum atomic E-state index is 0.334. The Labute approximate surface area is 82.0 Å². The van der Waals surface area contributed by atoms with E-state index in [1.54, 1.807) is 7.11 Å². The molecule has 0 N–H and O–H groups in total. The summed E-state index contributed by atoms with van der Waals surface area (Å²) in [6.07, 6.45) is 0.334. The van der Waals surface area contributed by atoms with Gasteiger partial charge in [-0.3, -0.25) is 4.90 Å². The molecule has 0 fully saturated rings. The van der Waals surface area contributed by atoms with Gasteiger partial charge in [0.25, 0.3) is 0 Å². The van der Waals surface area contributed by atoms with Crippen molar-refractivity contribution >= 4 is 0 Å². The van der Waals surface area contributed by atoms with Crippen LogP contribution in [0.3, 0.4) is 0 Å². The monoisotopic (exact) mass is 189 g/mol. The summed E-state index contributed by atoms with van der Waals surface area (Å²) < 4.78 is 10.5. The van der Waals surface area contributed by atoms with Gasteiger partial charge in [0.2, 0.25) is 0 Å². The molecule has 0 saturated carbocycles. The summed E-state index contributed by atoms with van der Waals surface area (Å²) in [5.74, 6) is 0. The van der Waals surface area contributed by atoms with Crippen LogP contribution < -0.4 is 0 Å². The Balaban J connectivity index is 3.36. The quantitative estimate of drug-likeness (QED) is 0.576. The minimum absolute atomic E-state index is 0.334. The second-order valence-corrected chi connectivity index (χ2v) is 3.35. The summed E-state index contributed by atoms with van der Waals surface area (Å²) in [5, 5.41) is 0. The van der Waals surface area contributed by atoms with Gasteiger partial charge < -0.3 is 9.47 Å². The Hall–Kier alpha value is -0.120. The van der Waals surface area contributed by atoms with Gasteiger partial charge in [-0.25, -0.2) is 0 Å². The highest BCUT2D eigenvalue weighted by Gasteiger charge is 2.01. The number of methoxy groups -OCH3 is 1. The van der Waals surface area contributed by atoms with Crippen LogP contribution >= 0.6 is 0 Å². The van der Waals surface area contributed by atoms with E-state index in [4.69, 9.17) is 9.47 Å². The zero-order chi connectivity index (χ0) is 10.1. The predicted octanol–water partition coefficient (Wildman–Crippen LogP) is 1.38. The lowest BCUT2D eigenvalue weighted by atomic mass is 10.4. The molecule has 3 heteroatoms. The van der Waals surface area contributed by atoms with Gasteiger partial charge in [-0.1, -0.05) is 6.92 Å². The van der Waals surface area contributed by atoms with Crippen LogP contribution in [0.4, 0.5) is 0 Å². The van der Waals surface area contributed by atoms with Crippen LogP contribution in [0.15, 0.2) is 0 Å². The lowest BCUT2D eigenvalue weighted by Crippen LogP contribution is -2.31. The molecule has 0 aliphatic rings. The standard InChI is InChI=1S/C10H23NO2/c1-5-11(6-8-12-4)7-9-13-10(2)3/h10H,5-9H2,1-4H3. The molecule has 0 aliphatic carbocycles. The Morgan fingerprint density at radius 2 is 1.77 bits per heavy atom. The minimum Gasteiger partial charge on any atom is -0.383 e. The maximum absolute atomic E-state index is 5.47. The van der Waals surface area contributed by atoms with Crippen LogP contribution in [0.2, 0.25) is 0 Å². The van der Waals surface area contributed by atoms with E-state index >= 15 is 0 Å². The molecule has 0 unspecified atom stereocenters. The summed E-state index contributed by atoms with van der Waals surface area (Å²) in [5.41, 5.74) is 0. The van der Waals surface area contributed by atoms with E-state index in [9.17, 15) is 0 Å². The third-order valence-electron chi connectivity index (χ3n) is 1.92. The molecule has 0 aromatic heterocycles. The van der Waals surface area contributed by atoms with Crippen LogP contribution in [-0.2, 0) is 9.47 Å². The zero-order valence-corrected chi connectivity index (χ0v) is 9.38. The third kappa shape index (κ3) is 8.22. The molecule has 0 aromatic rings. The van der Waals surface area contributed by atoms with Crippen LogP contribution in [0, 0.1) is 0 Å². The molecule has 0 amide bonds. The van der Waals surface area contributed by atoms with Crippen LogP contribution in [0.25, 0.3) is 0 Å². The van der Waals surface area contributed by atoms with E-state index in [0.29, 0.717) is 6.10 Å². The fourth-order valence-corrected chi connectivity index (χ4v) is 1.07. The lowest BCUT2D eigenvalue weighted by molar-refractivity contribution is 0.0537. The van der Waals surface area contributed by atoms with E-state index in [1.165, 1.54) is 0 Å². The molecule has 0 spiro atoms. The largest absolute Gasteiger partial charge is 0.383 e. The maximum atomic E-state index is 5.47. The van der Waals surface area contributed by atoms with Crippen molar-refractivity contribution in [1.82, 2.24) is 4.90 Å². The molecule has 0 saturated heterocycles. The van der Waals surface area contributed by atoms with Crippen molar-refractivity contribution in [3.05, 3.63) is 0 Å². The number of rotatable bonds is 8. The van der Waals surface area contributed by atoms with Gasteiger partial charge in [0.15, 0.2) is 0 Å². The fourth-order valence-electron chi connectivity index (χ4n) is 1.07. The number of hydrogen-bond acceptors (Lipinski definition) is 3. The van der Waals surface area contributed by atoms with Gasteiger partial charge in [-0.05, 0) is 20.4 Å². The van der Waals surface area contributed by atoms with Gasteiger partial charge in [0.1, 0.15) is 0 Å². The van der Waals surface area contributed by atoms with E-state index in [0.717, 1.165) is 32.8 Å². The second kappa shape index (κ2) is 8.48. The molecule has 0 radical (unpaired) electrons. The highest BCUT2D eigenvalue weighted by Crippen LogP contribution is 1.91. The van der Waals surface area contributed by atoms with E-state index in [1.807, 2.05) is 0 Å². The molecular formula is C10H23NO2. The topological polar surface area (TPSA) is 21.7 Å². The smallest absolute Gasteiger partial charge is 0.0596 e. The maximum Gasteiger partial charge on any atom is 0.0596 e. The lowest BCUT2D eigenvalue weighted by Gasteiger charge is -2.20. The van der Waals surface area contributed by atoms with E-state index in [-0.39, 0.29) is 0 Å². The van der Waals surface area contributed by atoms with Crippen LogP contribution in [-0.4, -0.2) is 51.0 Å². The summed E-state index contributed by atoms with van der Waals surface area (Å²) in [7, 11) is 1.73. The molecule has 0 aromatic carbocycles. The first-order valence-corrected chi connectivity index (χ1v) is 5.03. The van der Waals surface area contributed by atoms with Crippen molar-refractivity contribution in [3.8, 4) is 0 Å². The van der Waals surface area contributed by atoms with Gasteiger partial charge in [-0.15, -0.1) is 0 Å². The van der Waals surface area contributed by atoms with Crippen LogP contribution in [0.5, 0.6) is 0 Å². The van der Waals surface area contributed by atoms with E-state index in [2.05, 4.69) is 25.7 Å². The Kier molecular flexibility index (Phi) is 8.40. The summed E-state index contributed by atoms with van der Waals surface area (Å²) in [6, 6.07) is 0.